The molecule has 0 radical (unpaired) electrons. The van der Waals surface area contributed by atoms with Crippen molar-refractivity contribution in [1.29, 1.82) is 5.41 Å². The van der Waals surface area contributed by atoms with Crippen LogP contribution in [0.15, 0.2) is 17.1 Å². The van der Waals surface area contributed by atoms with Gasteiger partial charge in [-0.15, -0.1) is 11.8 Å². The lowest BCUT2D eigenvalue weighted by Crippen LogP contribution is -2.17. The van der Waals surface area contributed by atoms with Gasteiger partial charge in [-0.05, 0) is 25.3 Å². The number of amides is 1. The standard InChI is InChI=1S/C15H18N2O5S/c1-4-21-11-6-9(5-10-7-20-8-22-13(10)11)12(16)14(23-3)17-15(18)19-2/h5-6,16H,4,7-8H2,1-3H3. The molecule has 0 spiro atoms. The Labute approximate surface area is 138 Å². The number of rotatable bonds is 4. The summed E-state index contributed by atoms with van der Waals surface area (Å²) in [6, 6.07) is 3.49. The zero-order chi connectivity index (χ0) is 16.8. The Hall–Kier alpha value is -2.06. The molecule has 1 heterocycles. The molecule has 1 N–H and O–H groups in total. The molecule has 2 rings (SSSR count). The number of carbonyl (C=O) groups excluding carboxylic acids is 1. The summed E-state index contributed by atoms with van der Waals surface area (Å²) < 4.78 is 20.9. The number of fused-ring (bicyclic) bond motifs is 1. The number of carbonyl (C=O) groups is 1. The fourth-order valence-corrected chi connectivity index (χ4v) is 2.53. The normalized spacial score (nSPS) is 13.8. The van der Waals surface area contributed by atoms with Crippen LogP contribution in [0, 0.1) is 5.41 Å². The van der Waals surface area contributed by atoms with Crippen molar-refractivity contribution in [2.75, 3.05) is 26.8 Å². The Morgan fingerprint density at radius 3 is 2.91 bits per heavy atom. The summed E-state index contributed by atoms with van der Waals surface area (Å²) in [6.07, 6.45) is 0.999. The van der Waals surface area contributed by atoms with Gasteiger partial charge in [-0.3, -0.25) is 5.41 Å². The number of nitrogens with zero attached hydrogens (tertiary/aromatic N) is 1. The Balaban J connectivity index is 2.42. The third kappa shape index (κ3) is 4.02. The van der Waals surface area contributed by atoms with E-state index in [0.717, 1.165) is 5.56 Å². The van der Waals surface area contributed by atoms with E-state index in [1.54, 1.807) is 18.4 Å². The second-order valence-corrected chi connectivity index (χ2v) is 5.27. The minimum Gasteiger partial charge on any atom is -0.490 e. The van der Waals surface area contributed by atoms with Gasteiger partial charge >= 0.3 is 6.09 Å². The van der Waals surface area contributed by atoms with Crippen molar-refractivity contribution in [1.82, 2.24) is 0 Å². The first-order chi connectivity index (χ1) is 11.1. The topological polar surface area (TPSA) is 90.2 Å². The molecule has 0 aliphatic carbocycles. The number of hydrogen-bond donors (Lipinski definition) is 1. The summed E-state index contributed by atoms with van der Waals surface area (Å²) in [4.78, 5) is 15.1. The summed E-state index contributed by atoms with van der Waals surface area (Å²) >= 11 is 1.19. The van der Waals surface area contributed by atoms with Gasteiger partial charge in [0.1, 0.15) is 5.04 Å². The molecule has 0 aromatic heterocycles. The maximum Gasteiger partial charge on any atom is 0.434 e. The molecule has 1 aromatic rings. The Morgan fingerprint density at radius 2 is 2.26 bits per heavy atom. The van der Waals surface area contributed by atoms with Crippen LogP contribution in [0.5, 0.6) is 11.5 Å². The van der Waals surface area contributed by atoms with E-state index in [2.05, 4.69) is 9.73 Å². The summed E-state index contributed by atoms with van der Waals surface area (Å²) in [5, 5.41) is 8.57. The van der Waals surface area contributed by atoms with Gasteiger partial charge in [-0.1, -0.05) is 0 Å². The molecule has 23 heavy (non-hydrogen) atoms. The molecule has 1 aliphatic heterocycles. The van der Waals surface area contributed by atoms with E-state index in [4.69, 9.17) is 19.6 Å². The highest BCUT2D eigenvalue weighted by molar-refractivity contribution is 8.15. The number of methoxy groups -OCH3 is 1. The van der Waals surface area contributed by atoms with Crippen molar-refractivity contribution >= 4 is 28.6 Å². The molecule has 0 fully saturated rings. The van der Waals surface area contributed by atoms with E-state index in [1.165, 1.54) is 18.9 Å². The van der Waals surface area contributed by atoms with Gasteiger partial charge in [0.15, 0.2) is 18.3 Å². The minimum atomic E-state index is -0.742. The third-order valence-corrected chi connectivity index (χ3v) is 3.72. The Morgan fingerprint density at radius 1 is 1.48 bits per heavy atom. The molecule has 8 heteroatoms. The van der Waals surface area contributed by atoms with Gasteiger partial charge in [0, 0.05) is 11.1 Å². The molecule has 1 aliphatic rings. The van der Waals surface area contributed by atoms with Crippen LogP contribution >= 0.6 is 11.8 Å². The quantitative estimate of drug-likeness (QED) is 0.670. The highest BCUT2D eigenvalue weighted by Crippen LogP contribution is 2.36. The summed E-state index contributed by atoms with van der Waals surface area (Å²) in [5.41, 5.74) is 1.47. The lowest BCUT2D eigenvalue weighted by molar-refractivity contribution is -0.0183. The first-order valence-corrected chi connectivity index (χ1v) is 8.13. The van der Waals surface area contributed by atoms with Crippen molar-refractivity contribution in [3.63, 3.8) is 0 Å². The van der Waals surface area contributed by atoms with Crippen LogP contribution in [0.1, 0.15) is 18.1 Å². The second-order valence-electron chi connectivity index (χ2n) is 4.47. The predicted molar refractivity (Wildman–Crippen MR) is 88.1 cm³/mol. The minimum absolute atomic E-state index is 0.109. The van der Waals surface area contributed by atoms with E-state index >= 15 is 0 Å². The number of nitrogens with one attached hydrogen (secondary N) is 1. The predicted octanol–water partition coefficient (Wildman–Crippen LogP) is 2.85. The lowest BCUT2D eigenvalue weighted by Gasteiger charge is -2.21. The number of hydrogen-bond acceptors (Lipinski definition) is 7. The maximum absolute atomic E-state index is 11.3. The van der Waals surface area contributed by atoms with Gasteiger partial charge in [0.25, 0.3) is 0 Å². The van der Waals surface area contributed by atoms with E-state index in [-0.39, 0.29) is 17.5 Å². The maximum atomic E-state index is 11.3. The smallest absolute Gasteiger partial charge is 0.434 e. The van der Waals surface area contributed by atoms with Crippen molar-refractivity contribution in [3.05, 3.63) is 23.3 Å². The van der Waals surface area contributed by atoms with Gasteiger partial charge < -0.3 is 18.9 Å². The zero-order valence-corrected chi connectivity index (χ0v) is 14.0. The van der Waals surface area contributed by atoms with Crippen LogP contribution < -0.4 is 9.47 Å². The Bertz CT molecular complexity index is 645. The van der Waals surface area contributed by atoms with Crippen molar-refractivity contribution in [3.8, 4) is 11.5 Å². The third-order valence-electron chi connectivity index (χ3n) is 3.04. The monoisotopic (exact) mass is 338 g/mol. The first-order valence-electron chi connectivity index (χ1n) is 6.90. The van der Waals surface area contributed by atoms with E-state index < -0.39 is 6.09 Å². The average Bonchev–Trinajstić information content (AvgIpc) is 2.58. The Kier molecular flexibility index (Phi) is 6.00. The SMILES string of the molecule is CCOc1cc(C(=N)C(=NC(=O)OC)SC)cc2c1OCOC2. The summed E-state index contributed by atoms with van der Waals surface area (Å²) in [5.74, 6) is 1.18. The summed E-state index contributed by atoms with van der Waals surface area (Å²) in [7, 11) is 1.24. The zero-order valence-electron chi connectivity index (χ0n) is 13.2. The molecule has 1 amide bonds. The lowest BCUT2D eigenvalue weighted by atomic mass is 10.0. The number of thioether (sulfide) groups is 1. The number of aliphatic imine (C=N–C) groups is 1. The van der Waals surface area contributed by atoms with Crippen LogP contribution in [-0.2, 0) is 16.1 Å². The molecule has 124 valence electrons. The van der Waals surface area contributed by atoms with Crippen molar-refractivity contribution < 1.29 is 23.7 Å². The van der Waals surface area contributed by atoms with Crippen molar-refractivity contribution in [2.45, 2.75) is 13.5 Å². The molecule has 0 atom stereocenters. The van der Waals surface area contributed by atoms with E-state index in [1.807, 2.05) is 6.92 Å². The van der Waals surface area contributed by atoms with Crippen LogP contribution in [0.2, 0.25) is 0 Å². The molecule has 0 saturated heterocycles. The van der Waals surface area contributed by atoms with Crippen LogP contribution in [-0.4, -0.2) is 43.6 Å². The first kappa shape index (κ1) is 17.3. The van der Waals surface area contributed by atoms with Crippen molar-refractivity contribution in [2.24, 2.45) is 4.99 Å². The van der Waals surface area contributed by atoms with E-state index in [0.29, 0.717) is 30.3 Å². The average molecular weight is 338 g/mol. The number of benzene rings is 1. The molecular weight excluding hydrogens is 320 g/mol. The summed E-state index contributed by atoms with van der Waals surface area (Å²) in [6.45, 7) is 2.89. The highest BCUT2D eigenvalue weighted by atomic mass is 32.2. The van der Waals surface area contributed by atoms with Gasteiger partial charge in [0.2, 0.25) is 0 Å². The van der Waals surface area contributed by atoms with Crippen LogP contribution in [0.25, 0.3) is 0 Å². The molecule has 0 saturated carbocycles. The molecule has 0 bridgehead atoms. The fourth-order valence-electron chi connectivity index (χ4n) is 2.05. The van der Waals surface area contributed by atoms with Crippen LogP contribution in [0.3, 0.4) is 0 Å². The molecule has 7 nitrogen and oxygen atoms in total. The largest absolute Gasteiger partial charge is 0.490 e. The highest BCUT2D eigenvalue weighted by Gasteiger charge is 2.21. The fraction of sp³-hybridized carbons (Fsp3) is 0.400. The van der Waals surface area contributed by atoms with Gasteiger partial charge in [-0.2, -0.15) is 4.99 Å². The molecular formula is C15H18N2O5S. The molecule has 0 unspecified atom stereocenters. The van der Waals surface area contributed by atoms with E-state index in [9.17, 15) is 4.79 Å². The second kappa shape index (κ2) is 7.98. The van der Waals surface area contributed by atoms with Gasteiger partial charge in [-0.25, -0.2) is 4.79 Å². The number of ether oxygens (including phenoxy) is 4. The van der Waals surface area contributed by atoms with Crippen LogP contribution in [0.4, 0.5) is 4.79 Å². The van der Waals surface area contributed by atoms with Gasteiger partial charge in [0.05, 0.1) is 26.0 Å². The molecule has 1 aromatic carbocycles.